The minimum absolute atomic E-state index is 0.377. The first-order chi connectivity index (χ1) is 17.1. The van der Waals surface area contributed by atoms with E-state index in [4.69, 9.17) is 0 Å². The van der Waals surface area contributed by atoms with Crippen molar-refractivity contribution in [1.29, 1.82) is 0 Å². The first kappa shape index (κ1) is 28.2. The molecule has 0 heterocycles. The molecule has 194 valence electrons. The molecule has 0 saturated carbocycles. The lowest BCUT2D eigenvalue weighted by Gasteiger charge is -2.38. The summed E-state index contributed by atoms with van der Waals surface area (Å²) < 4.78 is 0. The molecule has 0 N–H and O–H groups in total. The highest BCUT2D eigenvalue weighted by atomic mass is 14.4. The van der Waals surface area contributed by atoms with Crippen LogP contribution in [0.2, 0.25) is 0 Å². The molecule has 0 aliphatic heterocycles. The van der Waals surface area contributed by atoms with E-state index in [2.05, 4.69) is 128 Å². The van der Waals surface area contributed by atoms with E-state index < -0.39 is 0 Å². The third-order valence-electron chi connectivity index (χ3n) is 8.42. The van der Waals surface area contributed by atoms with Crippen LogP contribution in [-0.4, -0.2) is 0 Å². The van der Waals surface area contributed by atoms with Crippen LogP contribution in [-0.2, 0) is 11.8 Å². The normalized spacial score (nSPS) is 19.6. The fourth-order valence-corrected chi connectivity index (χ4v) is 6.06. The van der Waals surface area contributed by atoms with Crippen LogP contribution >= 0.6 is 0 Å². The Morgan fingerprint density at radius 3 is 1.72 bits per heavy atom. The topological polar surface area (TPSA) is 0 Å². The highest BCUT2D eigenvalue weighted by Crippen LogP contribution is 2.45. The van der Waals surface area contributed by atoms with Crippen LogP contribution in [0.1, 0.15) is 120 Å². The Kier molecular flexibility index (Phi) is 10.0. The van der Waals surface area contributed by atoms with Gasteiger partial charge in [-0.2, -0.15) is 0 Å². The molecule has 0 saturated heterocycles. The minimum Gasteiger partial charge on any atom is -0.0622 e. The largest absolute Gasteiger partial charge is 0.0622 e. The lowest BCUT2D eigenvalue weighted by molar-refractivity contribution is 0.346. The van der Waals surface area contributed by atoms with E-state index in [-0.39, 0.29) is 0 Å². The zero-order valence-corrected chi connectivity index (χ0v) is 24.2. The highest BCUT2D eigenvalue weighted by molar-refractivity contribution is 5.38. The molecule has 0 amide bonds. The molecule has 0 aromatic heterocycles. The molecule has 2 unspecified atom stereocenters. The maximum Gasteiger partial charge on any atom is -0.0100 e. The highest BCUT2D eigenvalue weighted by Gasteiger charge is 2.33. The zero-order chi connectivity index (χ0) is 26.3. The molecule has 36 heavy (non-hydrogen) atoms. The van der Waals surface area contributed by atoms with E-state index in [1.165, 1.54) is 31.2 Å². The lowest BCUT2D eigenvalue weighted by Crippen LogP contribution is -2.27. The average molecular weight is 483 g/mol. The molecule has 3 aromatic carbocycles. The summed E-state index contributed by atoms with van der Waals surface area (Å²) in [5.41, 5.74) is 8.15. The van der Waals surface area contributed by atoms with Crippen LogP contribution in [0.5, 0.6) is 0 Å². The summed E-state index contributed by atoms with van der Waals surface area (Å²) in [6.45, 7) is 18.5. The van der Waals surface area contributed by atoms with Crippen LogP contribution in [0.4, 0.5) is 0 Å². The number of aryl methyl sites for hydroxylation is 1. The second-order valence-electron chi connectivity index (χ2n) is 12.5. The van der Waals surface area contributed by atoms with Crippen molar-refractivity contribution in [2.24, 2.45) is 11.8 Å². The fourth-order valence-electron chi connectivity index (χ4n) is 6.06. The molecule has 3 aromatic rings. The summed E-state index contributed by atoms with van der Waals surface area (Å²) in [5, 5.41) is 0. The minimum atomic E-state index is 0.377. The number of benzene rings is 3. The molecule has 0 heteroatoms. The van der Waals surface area contributed by atoms with Gasteiger partial charge in [-0.15, -0.1) is 0 Å². The van der Waals surface area contributed by atoms with Gasteiger partial charge in [0.15, 0.2) is 0 Å². The van der Waals surface area contributed by atoms with Gasteiger partial charge in [0.05, 0.1) is 0 Å². The van der Waals surface area contributed by atoms with Gasteiger partial charge in [0, 0.05) is 0 Å². The maximum absolute atomic E-state index is 2.38. The quantitative estimate of drug-likeness (QED) is 0.348. The Morgan fingerprint density at radius 2 is 1.14 bits per heavy atom. The standard InChI is InChI=1S/C15H22.C12H16.C9H12/c1-11(2)12-9-10-15(3,4)14-8-6-5-7-13(12)14;1-9(2)11-8-7-10-5-3-4-6-12(10)11;1-8(2)9-6-4-3-5-7-9/h5-8,11-12H,9-10H2,1-4H3;3-6,9,11H,7-8H2,1-2H3;3-8H,1-2H3. The molecular weight excluding hydrogens is 432 g/mol. The smallest absolute Gasteiger partial charge is 0.0100 e. The molecule has 2 aliphatic carbocycles. The van der Waals surface area contributed by atoms with E-state index in [0.29, 0.717) is 11.3 Å². The molecule has 5 rings (SSSR count). The van der Waals surface area contributed by atoms with Crippen molar-refractivity contribution < 1.29 is 0 Å². The van der Waals surface area contributed by atoms with Crippen LogP contribution in [0.25, 0.3) is 0 Å². The predicted molar refractivity (Wildman–Crippen MR) is 159 cm³/mol. The van der Waals surface area contributed by atoms with Gasteiger partial charge in [-0.05, 0) is 88.5 Å². The van der Waals surface area contributed by atoms with E-state index in [0.717, 1.165) is 23.7 Å². The SMILES string of the molecule is CC(C)C1CCC(C)(C)c2ccccc21.CC(C)C1CCc2ccccc21.CC(C)c1ccccc1. The molecule has 0 spiro atoms. The van der Waals surface area contributed by atoms with E-state index in [1.807, 2.05) is 6.07 Å². The Bertz CT molecular complexity index is 1050. The average Bonchev–Trinajstić information content (AvgIpc) is 3.30. The Balaban J connectivity index is 0.000000156. The summed E-state index contributed by atoms with van der Waals surface area (Å²) in [7, 11) is 0. The van der Waals surface area contributed by atoms with Crippen molar-refractivity contribution in [2.45, 2.75) is 104 Å². The summed E-state index contributed by atoms with van der Waals surface area (Å²) in [4.78, 5) is 0. The zero-order valence-electron chi connectivity index (χ0n) is 24.2. The lowest BCUT2D eigenvalue weighted by atomic mass is 9.66. The number of rotatable bonds is 3. The molecule has 2 aliphatic rings. The van der Waals surface area contributed by atoms with Gasteiger partial charge in [-0.3, -0.25) is 0 Å². The third-order valence-corrected chi connectivity index (χ3v) is 8.42. The van der Waals surface area contributed by atoms with Crippen molar-refractivity contribution in [2.75, 3.05) is 0 Å². The van der Waals surface area contributed by atoms with Crippen LogP contribution in [0, 0.1) is 11.8 Å². The summed E-state index contributed by atoms with van der Waals surface area (Å²) >= 11 is 0. The first-order valence-corrected chi connectivity index (χ1v) is 14.3. The van der Waals surface area contributed by atoms with E-state index in [1.54, 1.807) is 22.3 Å². The molecular formula is C36H50. The maximum atomic E-state index is 2.38. The molecule has 0 bridgehead atoms. The molecule has 0 radical (unpaired) electrons. The summed E-state index contributed by atoms with van der Waals surface area (Å²) in [6, 6.07) is 28.4. The number of fused-ring (bicyclic) bond motifs is 2. The van der Waals surface area contributed by atoms with E-state index in [9.17, 15) is 0 Å². The van der Waals surface area contributed by atoms with Crippen LogP contribution < -0.4 is 0 Å². The number of hydrogen-bond donors (Lipinski definition) is 0. The Morgan fingerprint density at radius 1 is 0.611 bits per heavy atom. The molecule has 2 atom stereocenters. The van der Waals surface area contributed by atoms with Gasteiger partial charge >= 0.3 is 0 Å². The Hall–Kier alpha value is -2.34. The number of hydrogen-bond acceptors (Lipinski definition) is 0. The van der Waals surface area contributed by atoms with Crippen LogP contribution in [0.3, 0.4) is 0 Å². The van der Waals surface area contributed by atoms with Gasteiger partial charge in [-0.1, -0.05) is 134 Å². The Labute approximate surface area is 222 Å². The predicted octanol–water partition coefficient (Wildman–Crippen LogP) is 10.7. The van der Waals surface area contributed by atoms with Crippen molar-refractivity contribution in [3.05, 3.63) is 107 Å². The molecule has 0 fully saturated rings. The summed E-state index contributed by atoms with van der Waals surface area (Å²) in [5.74, 6) is 3.82. The first-order valence-electron chi connectivity index (χ1n) is 14.3. The van der Waals surface area contributed by atoms with Gasteiger partial charge in [0.2, 0.25) is 0 Å². The van der Waals surface area contributed by atoms with Crippen molar-refractivity contribution in [3.63, 3.8) is 0 Å². The van der Waals surface area contributed by atoms with E-state index >= 15 is 0 Å². The molecule has 0 nitrogen and oxygen atoms in total. The second kappa shape index (κ2) is 12.8. The van der Waals surface area contributed by atoms with Gasteiger partial charge in [0.1, 0.15) is 0 Å². The second-order valence-corrected chi connectivity index (χ2v) is 12.5. The van der Waals surface area contributed by atoms with Crippen molar-refractivity contribution in [3.8, 4) is 0 Å². The third kappa shape index (κ3) is 7.12. The van der Waals surface area contributed by atoms with Gasteiger partial charge in [-0.25, -0.2) is 0 Å². The fraction of sp³-hybridized carbons (Fsp3) is 0.500. The monoisotopic (exact) mass is 482 g/mol. The van der Waals surface area contributed by atoms with Gasteiger partial charge < -0.3 is 0 Å². The van der Waals surface area contributed by atoms with Crippen LogP contribution in [0.15, 0.2) is 78.9 Å². The van der Waals surface area contributed by atoms with Crippen molar-refractivity contribution >= 4 is 0 Å². The van der Waals surface area contributed by atoms with Crippen molar-refractivity contribution in [1.82, 2.24) is 0 Å². The summed E-state index contributed by atoms with van der Waals surface area (Å²) in [6.07, 6.45) is 5.32. The van der Waals surface area contributed by atoms with Gasteiger partial charge in [0.25, 0.3) is 0 Å².